The molecule has 0 aromatic heterocycles. The van der Waals surface area contributed by atoms with Crippen LogP contribution < -0.4 is 0 Å². The molecule has 0 radical (unpaired) electrons. The number of halogens is 1. The van der Waals surface area contributed by atoms with Crippen LogP contribution in [0, 0.1) is 0 Å². The molecule has 0 aromatic rings. The average molecular weight is 431 g/mol. The number of hydrogen-bond acceptors (Lipinski definition) is 7. The molecule has 0 unspecified atom stereocenters. The monoisotopic (exact) mass is 430 g/mol. The maximum atomic E-state index is 12.6. The lowest BCUT2D eigenvalue weighted by molar-refractivity contribution is -0.256. The zero-order valence-electron chi connectivity index (χ0n) is 16.5. The smallest absolute Gasteiger partial charge is 0.480 e. The van der Waals surface area contributed by atoms with E-state index >= 15 is 0 Å². The number of likely N-dealkylation sites (N-methyl/N-ethyl adjacent to an activating group) is 1. The van der Waals surface area contributed by atoms with E-state index in [9.17, 15) is 24.6 Å². The summed E-state index contributed by atoms with van der Waals surface area (Å²) in [5.74, 6) is -1.38. The number of carboxylic acids is 1. The molecule has 29 heavy (non-hydrogen) atoms. The molecule has 0 bridgehead atoms. The summed E-state index contributed by atoms with van der Waals surface area (Å²) >= 11 is 6.38. The van der Waals surface area contributed by atoms with E-state index in [2.05, 4.69) is 0 Å². The van der Waals surface area contributed by atoms with Gasteiger partial charge in [-0.05, 0) is 33.6 Å². The molecule has 0 spiro atoms. The van der Waals surface area contributed by atoms with E-state index < -0.39 is 41.7 Å². The maximum Gasteiger partial charge on any atom is 0.509 e. The first-order valence-corrected chi connectivity index (χ1v) is 9.41. The first-order valence-electron chi connectivity index (χ1n) is 9.03. The second-order valence-electron chi connectivity index (χ2n) is 8.07. The van der Waals surface area contributed by atoms with Gasteiger partial charge in [-0.3, -0.25) is 9.96 Å². The fraction of sp³-hybridized carbons (Fsp3) is 0.611. The van der Waals surface area contributed by atoms with Crippen molar-refractivity contribution < 1.29 is 38.9 Å². The number of amides is 1. The van der Waals surface area contributed by atoms with Crippen molar-refractivity contribution in [3.05, 3.63) is 22.4 Å². The molecule has 3 atom stereocenters. The molecule has 160 valence electrons. The van der Waals surface area contributed by atoms with Gasteiger partial charge in [0.2, 0.25) is 6.23 Å². The Morgan fingerprint density at radius 3 is 2.52 bits per heavy atom. The minimum atomic E-state index is -1.72. The summed E-state index contributed by atoms with van der Waals surface area (Å²) in [4.78, 5) is 42.6. The highest BCUT2D eigenvalue weighted by molar-refractivity contribution is 6.30. The van der Waals surface area contributed by atoms with Crippen LogP contribution >= 0.6 is 11.6 Å². The molecule has 2 fully saturated rings. The van der Waals surface area contributed by atoms with E-state index in [4.69, 9.17) is 25.9 Å². The summed E-state index contributed by atoms with van der Waals surface area (Å²) < 4.78 is 10.9. The molecule has 1 aliphatic carbocycles. The summed E-state index contributed by atoms with van der Waals surface area (Å²) in [6.45, 7) is 4.94. The van der Waals surface area contributed by atoms with Crippen LogP contribution in [0.25, 0.3) is 0 Å². The Labute approximate surface area is 172 Å². The Balaban J connectivity index is 2.13. The van der Waals surface area contributed by atoms with Crippen molar-refractivity contribution in [2.45, 2.75) is 63.5 Å². The van der Waals surface area contributed by atoms with E-state index in [0.29, 0.717) is 34.0 Å². The summed E-state index contributed by atoms with van der Waals surface area (Å²) in [7, 11) is 1.53. The van der Waals surface area contributed by atoms with Gasteiger partial charge in [-0.15, -0.1) is 0 Å². The lowest BCUT2D eigenvalue weighted by atomic mass is 9.82. The molecule has 0 saturated carbocycles. The highest BCUT2D eigenvalue weighted by Gasteiger charge is 2.66. The first kappa shape index (κ1) is 21.3. The number of likely N-dealkylation sites (tertiary alicyclic amines) is 1. The fourth-order valence-corrected chi connectivity index (χ4v) is 4.21. The highest BCUT2D eigenvalue weighted by Crippen LogP contribution is 2.52. The number of hydroxylamine groups is 2. The van der Waals surface area contributed by atoms with Crippen molar-refractivity contribution in [1.29, 1.82) is 0 Å². The molecule has 1 amide bonds. The predicted octanol–water partition coefficient (Wildman–Crippen LogP) is 2.89. The number of fused-ring (bicyclic) bond motifs is 3. The Morgan fingerprint density at radius 1 is 1.31 bits per heavy atom. The SMILES string of the molecule is CN1O[C@H]2N(C(=O)O)[C@H](C(=O)O)C[C@@]2(OC(=O)OC(C)(C)C)C2=CCCC(Cl)=C21. The first-order chi connectivity index (χ1) is 13.4. The van der Waals surface area contributed by atoms with Crippen LogP contribution in [0.2, 0.25) is 0 Å². The number of rotatable bonds is 2. The number of nitrogens with zero attached hydrogens (tertiary/aromatic N) is 2. The summed E-state index contributed by atoms with van der Waals surface area (Å²) in [6.07, 6.45) is -1.53. The average Bonchev–Trinajstić information content (AvgIpc) is 2.88. The van der Waals surface area contributed by atoms with E-state index in [0.717, 1.165) is 0 Å². The highest BCUT2D eigenvalue weighted by atomic mass is 35.5. The Morgan fingerprint density at radius 2 is 1.97 bits per heavy atom. The van der Waals surface area contributed by atoms with Gasteiger partial charge in [0.05, 0.1) is 5.70 Å². The molecule has 11 heteroatoms. The van der Waals surface area contributed by atoms with Crippen LogP contribution in [-0.2, 0) is 19.1 Å². The minimum Gasteiger partial charge on any atom is -0.480 e. The van der Waals surface area contributed by atoms with Crippen LogP contribution in [0.15, 0.2) is 22.4 Å². The Bertz CT molecular complexity index is 817. The zero-order valence-corrected chi connectivity index (χ0v) is 17.2. The topological polar surface area (TPSA) is 126 Å². The largest absolute Gasteiger partial charge is 0.509 e. The van der Waals surface area contributed by atoms with E-state index in [-0.39, 0.29) is 6.42 Å². The third-order valence-electron chi connectivity index (χ3n) is 4.90. The molecule has 10 nitrogen and oxygen atoms in total. The normalized spacial score (nSPS) is 29.1. The van der Waals surface area contributed by atoms with Gasteiger partial charge in [0.25, 0.3) is 0 Å². The van der Waals surface area contributed by atoms with Crippen LogP contribution in [0.5, 0.6) is 0 Å². The van der Waals surface area contributed by atoms with Gasteiger partial charge < -0.3 is 19.7 Å². The van der Waals surface area contributed by atoms with Gasteiger partial charge in [0.1, 0.15) is 11.6 Å². The zero-order chi connectivity index (χ0) is 21.7. The summed E-state index contributed by atoms with van der Waals surface area (Å²) in [6, 6.07) is -1.49. The molecule has 2 aliphatic heterocycles. The molecule has 2 N–H and O–H groups in total. The fourth-order valence-electron chi connectivity index (χ4n) is 3.88. The number of aliphatic carboxylic acids is 1. The molecular weight excluding hydrogens is 408 g/mol. The molecule has 0 aromatic carbocycles. The van der Waals surface area contributed by atoms with Gasteiger partial charge in [-0.2, -0.15) is 0 Å². The van der Waals surface area contributed by atoms with E-state index in [1.165, 1.54) is 12.1 Å². The van der Waals surface area contributed by atoms with E-state index in [1.807, 2.05) is 0 Å². The van der Waals surface area contributed by atoms with Crippen molar-refractivity contribution >= 4 is 29.8 Å². The van der Waals surface area contributed by atoms with Crippen LogP contribution in [0.3, 0.4) is 0 Å². The molecule has 3 rings (SSSR count). The number of allylic oxidation sites excluding steroid dienone is 2. The van der Waals surface area contributed by atoms with Crippen molar-refractivity contribution in [3.63, 3.8) is 0 Å². The van der Waals surface area contributed by atoms with Crippen molar-refractivity contribution in [1.82, 2.24) is 9.96 Å². The van der Waals surface area contributed by atoms with Gasteiger partial charge in [-0.1, -0.05) is 17.7 Å². The summed E-state index contributed by atoms with van der Waals surface area (Å²) in [5.41, 5.74) is -1.75. The van der Waals surface area contributed by atoms with Crippen LogP contribution in [-0.4, -0.2) is 68.9 Å². The van der Waals surface area contributed by atoms with Crippen LogP contribution in [0.4, 0.5) is 9.59 Å². The molecule has 2 heterocycles. The Kier molecular flexibility index (Phi) is 5.20. The number of carbonyl (C=O) groups is 3. The number of ether oxygens (including phenoxy) is 2. The van der Waals surface area contributed by atoms with E-state index in [1.54, 1.807) is 26.8 Å². The lowest BCUT2D eigenvalue weighted by Gasteiger charge is -2.47. The van der Waals surface area contributed by atoms with Crippen molar-refractivity contribution in [2.75, 3.05) is 7.05 Å². The minimum absolute atomic E-state index is 0.341. The Hall–Kier alpha value is -2.46. The van der Waals surface area contributed by atoms with Crippen molar-refractivity contribution in [2.24, 2.45) is 0 Å². The second-order valence-corrected chi connectivity index (χ2v) is 8.53. The predicted molar refractivity (Wildman–Crippen MR) is 98.8 cm³/mol. The third kappa shape index (κ3) is 3.62. The molecule has 2 saturated heterocycles. The van der Waals surface area contributed by atoms with Gasteiger partial charge in [-0.25, -0.2) is 19.2 Å². The number of carboxylic acid groups (broad SMARTS) is 2. The lowest BCUT2D eigenvalue weighted by Crippen LogP contribution is -2.59. The van der Waals surface area contributed by atoms with Gasteiger partial charge >= 0.3 is 18.2 Å². The maximum absolute atomic E-state index is 12.6. The number of hydrogen-bond donors (Lipinski definition) is 2. The van der Waals surface area contributed by atoms with Gasteiger partial charge in [0.15, 0.2) is 5.60 Å². The van der Waals surface area contributed by atoms with Gasteiger partial charge in [0, 0.05) is 24.1 Å². The molecular formula is C18H23ClN2O8. The molecule has 3 aliphatic rings. The quantitative estimate of drug-likeness (QED) is 0.635. The second kappa shape index (κ2) is 7.10. The standard InChI is InChI=1S/C18H23ClN2O8/c1-17(2,3)27-16(26)28-18-8-11(13(22)23)21(15(24)25)14(18)29-20(4)12-9(18)6-5-7-10(12)19/h6,11,14H,5,7-8H2,1-4H3,(H,22,23)(H,24,25)/t11-,14+,18+/m0/s1. The number of carbonyl (C=O) groups excluding carboxylic acids is 1. The van der Waals surface area contributed by atoms with Crippen molar-refractivity contribution in [3.8, 4) is 0 Å². The van der Waals surface area contributed by atoms with Crippen LogP contribution in [0.1, 0.15) is 40.0 Å². The third-order valence-corrected chi connectivity index (χ3v) is 5.27. The summed E-state index contributed by atoms with van der Waals surface area (Å²) in [5, 5.41) is 21.0.